The van der Waals surface area contributed by atoms with Crippen LogP contribution in [0.4, 0.5) is 0 Å². The zero-order chi connectivity index (χ0) is 27.6. The zero-order valence-corrected chi connectivity index (χ0v) is 24.7. The quantitative estimate of drug-likeness (QED) is 0.138. The van der Waals surface area contributed by atoms with E-state index in [4.69, 9.17) is 43.0 Å². The van der Waals surface area contributed by atoms with Crippen LogP contribution < -0.4 is 0 Å². The minimum Gasteiger partial charge on any atom is -0.396 e. The van der Waals surface area contributed by atoms with Gasteiger partial charge in [0, 0.05) is 46.2 Å². The van der Waals surface area contributed by atoms with E-state index in [-0.39, 0.29) is 12.9 Å². The summed E-state index contributed by atoms with van der Waals surface area (Å²) < 4.78 is 43.4. The minimum atomic E-state index is 0.0449. The van der Waals surface area contributed by atoms with Crippen LogP contribution in [-0.2, 0) is 37.9 Å². The standard InChI is InChI=1S/C17H34O5.C12H26O4/c1-2-9-18-13-15-20-16-14-19-10-5-3-6-11-21-17-8-4-7-12-22-17;1-2-7-14-9-11-16-12-10-15-8-5-3-4-6-13/h17H,2-16H2,1H3;13H,2-12H2,1H3. The molecule has 1 aliphatic rings. The lowest BCUT2D eigenvalue weighted by Gasteiger charge is -2.22. The first-order valence-corrected chi connectivity index (χ1v) is 15.2. The first-order chi connectivity index (χ1) is 18.8. The van der Waals surface area contributed by atoms with E-state index in [2.05, 4.69) is 13.8 Å². The van der Waals surface area contributed by atoms with Crippen molar-refractivity contribution in [1.29, 1.82) is 0 Å². The number of rotatable bonds is 28. The molecule has 0 spiro atoms. The van der Waals surface area contributed by atoms with Gasteiger partial charge in [0.25, 0.3) is 0 Å². The molecule has 0 bridgehead atoms. The topological polar surface area (TPSA) is 94.1 Å². The average Bonchev–Trinajstić information content (AvgIpc) is 2.95. The minimum absolute atomic E-state index is 0.0449. The molecule has 0 aromatic rings. The number of aliphatic hydroxyl groups is 1. The van der Waals surface area contributed by atoms with E-state index in [1.807, 2.05) is 0 Å². The lowest BCUT2D eigenvalue weighted by atomic mass is 10.2. The molecule has 38 heavy (non-hydrogen) atoms. The molecule has 0 saturated carbocycles. The molecular weight excluding hydrogens is 492 g/mol. The molecule has 0 aliphatic carbocycles. The third-order valence-corrected chi connectivity index (χ3v) is 5.51. The van der Waals surface area contributed by atoms with Crippen LogP contribution in [0.5, 0.6) is 0 Å². The molecule has 0 amide bonds. The van der Waals surface area contributed by atoms with E-state index >= 15 is 0 Å². The number of unbranched alkanes of at least 4 members (excludes halogenated alkanes) is 4. The number of aliphatic hydroxyl groups excluding tert-OH is 1. The summed E-state index contributed by atoms with van der Waals surface area (Å²) in [6.45, 7) is 14.6. The van der Waals surface area contributed by atoms with Gasteiger partial charge in [-0.2, -0.15) is 0 Å². The Kier molecular flexibility index (Phi) is 34.3. The fourth-order valence-electron chi connectivity index (χ4n) is 3.41. The lowest BCUT2D eigenvalue weighted by Crippen LogP contribution is -2.22. The normalized spacial score (nSPS) is 15.4. The Hall–Kier alpha value is -0.360. The van der Waals surface area contributed by atoms with Crippen molar-refractivity contribution >= 4 is 0 Å². The van der Waals surface area contributed by atoms with Crippen LogP contribution in [0.3, 0.4) is 0 Å². The molecule has 0 aromatic heterocycles. The predicted octanol–water partition coefficient (Wildman–Crippen LogP) is 4.77. The molecule has 0 aromatic carbocycles. The van der Waals surface area contributed by atoms with Crippen molar-refractivity contribution < 1.29 is 43.0 Å². The van der Waals surface area contributed by atoms with Crippen LogP contribution in [-0.4, -0.2) is 110 Å². The smallest absolute Gasteiger partial charge is 0.157 e. The molecule has 1 unspecified atom stereocenters. The Bertz CT molecular complexity index is 396. The van der Waals surface area contributed by atoms with Gasteiger partial charge in [0.15, 0.2) is 6.29 Å². The Labute approximate surface area is 233 Å². The monoisotopic (exact) mass is 552 g/mol. The maximum absolute atomic E-state index is 8.55. The van der Waals surface area contributed by atoms with Gasteiger partial charge in [0.05, 0.1) is 52.9 Å². The second-order valence-corrected chi connectivity index (χ2v) is 9.19. The van der Waals surface area contributed by atoms with Gasteiger partial charge in [-0.25, -0.2) is 0 Å². The van der Waals surface area contributed by atoms with Gasteiger partial charge in [-0.3, -0.25) is 0 Å². The molecule has 1 rings (SSSR count). The summed E-state index contributed by atoms with van der Waals surface area (Å²) in [5.74, 6) is 0. The molecule has 9 heteroatoms. The highest BCUT2D eigenvalue weighted by atomic mass is 16.7. The molecule has 1 atom stereocenters. The van der Waals surface area contributed by atoms with Crippen LogP contribution in [0.25, 0.3) is 0 Å². The third kappa shape index (κ3) is 31.9. The fourth-order valence-corrected chi connectivity index (χ4v) is 3.41. The van der Waals surface area contributed by atoms with E-state index in [1.54, 1.807) is 0 Å². The van der Waals surface area contributed by atoms with Crippen molar-refractivity contribution in [1.82, 2.24) is 0 Å². The van der Waals surface area contributed by atoms with Gasteiger partial charge in [0.1, 0.15) is 0 Å². The van der Waals surface area contributed by atoms with Gasteiger partial charge >= 0.3 is 0 Å². The summed E-state index contributed by atoms with van der Waals surface area (Å²) in [6.07, 6.45) is 11.8. The molecule has 230 valence electrons. The lowest BCUT2D eigenvalue weighted by molar-refractivity contribution is -0.162. The zero-order valence-electron chi connectivity index (χ0n) is 24.7. The Morgan fingerprint density at radius 3 is 1.42 bits per heavy atom. The number of ether oxygens (including phenoxy) is 8. The van der Waals surface area contributed by atoms with Crippen LogP contribution in [0, 0.1) is 0 Å². The van der Waals surface area contributed by atoms with Gasteiger partial charge in [-0.15, -0.1) is 0 Å². The molecule has 1 heterocycles. The maximum atomic E-state index is 8.55. The van der Waals surface area contributed by atoms with Crippen molar-refractivity contribution in [2.75, 3.05) is 99.1 Å². The summed E-state index contributed by atoms with van der Waals surface area (Å²) in [7, 11) is 0. The summed E-state index contributed by atoms with van der Waals surface area (Å²) in [5, 5.41) is 8.55. The largest absolute Gasteiger partial charge is 0.396 e. The van der Waals surface area contributed by atoms with Crippen molar-refractivity contribution in [3.63, 3.8) is 0 Å². The SMILES string of the molecule is CCCOCCOCCOCCCCCO.CCCOCCOCCOCCCCCOC1CCCCO1. The summed E-state index contributed by atoms with van der Waals surface area (Å²) in [4.78, 5) is 0. The van der Waals surface area contributed by atoms with Gasteiger partial charge < -0.3 is 43.0 Å². The second-order valence-electron chi connectivity index (χ2n) is 9.19. The average molecular weight is 553 g/mol. The highest BCUT2D eigenvalue weighted by Crippen LogP contribution is 2.14. The van der Waals surface area contributed by atoms with Gasteiger partial charge in [-0.05, 0) is 70.6 Å². The molecule has 9 nitrogen and oxygen atoms in total. The Balaban J connectivity index is 0.000000761. The van der Waals surface area contributed by atoms with Crippen LogP contribution in [0.1, 0.15) is 84.5 Å². The third-order valence-electron chi connectivity index (χ3n) is 5.51. The van der Waals surface area contributed by atoms with Gasteiger partial charge in [0.2, 0.25) is 0 Å². The van der Waals surface area contributed by atoms with Crippen molar-refractivity contribution in [3.05, 3.63) is 0 Å². The molecule has 1 fully saturated rings. The van der Waals surface area contributed by atoms with Crippen LogP contribution in [0.2, 0.25) is 0 Å². The molecule has 1 saturated heterocycles. The van der Waals surface area contributed by atoms with Crippen LogP contribution in [0.15, 0.2) is 0 Å². The molecular formula is C29H60O9. The van der Waals surface area contributed by atoms with E-state index in [1.165, 1.54) is 12.8 Å². The first kappa shape index (κ1) is 37.6. The van der Waals surface area contributed by atoms with E-state index in [9.17, 15) is 0 Å². The second kappa shape index (κ2) is 34.7. The number of hydrogen-bond donors (Lipinski definition) is 1. The maximum Gasteiger partial charge on any atom is 0.157 e. The molecule has 1 N–H and O–H groups in total. The van der Waals surface area contributed by atoms with E-state index in [0.717, 1.165) is 97.4 Å². The molecule has 0 radical (unpaired) electrons. The number of hydrogen-bond acceptors (Lipinski definition) is 9. The van der Waals surface area contributed by atoms with E-state index < -0.39 is 0 Å². The summed E-state index contributed by atoms with van der Waals surface area (Å²) >= 11 is 0. The first-order valence-electron chi connectivity index (χ1n) is 15.2. The predicted molar refractivity (Wildman–Crippen MR) is 150 cm³/mol. The fraction of sp³-hybridized carbons (Fsp3) is 1.00. The van der Waals surface area contributed by atoms with Gasteiger partial charge in [-0.1, -0.05) is 13.8 Å². The highest BCUT2D eigenvalue weighted by molar-refractivity contribution is 4.54. The highest BCUT2D eigenvalue weighted by Gasteiger charge is 2.13. The Morgan fingerprint density at radius 2 is 0.974 bits per heavy atom. The van der Waals surface area contributed by atoms with Crippen molar-refractivity contribution in [3.8, 4) is 0 Å². The summed E-state index contributed by atoms with van der Waals surface area (Å²) in [6, 6.07) is 0. The van der Waals surface area contributed by atoms with Crippen molar-refractivity contribution in [2.24, 2.45) is 0 Å². The summed E-state index contributed by atoms with van der Waals surface area (Å²) in [5.41, 5.74) is 0. The molecule has 1 aliphatic heterocycles. The van der Waals surface area contributed by atoms with Crippen LogP contribution >= 0.6 is 0 Å². The van der Waals surface area contributed by atoms with E-state index in [0.29, 0.717) is 52.9 Å². The van der Waals surface area contributed by atoms with Crippen molar-refractivity contribution in [2.45, 2.75) is 90.8 Å². The Morgan fingerprint density at radius 1 is 0.526 bits per heavy atom.